The predicted molar refractivity (Wildman–Crippen MR) is 98.9 cm³/mol. The van der Waals surface area contributed by atoms with E-state index in [0.29, 0.717) is 19.6 Å². The van der Waals surface area contributed by atoms with Gasteiger partial charge in [-0.2, -0.15) is 0 Å². The van der Waals surface area contributed by atoms with Crippen LogP contribution in [-0.4, -0.2) is 77.7 Å². The van der Waals surface area contributed by atoms with Crippen molar-refractivity contribution in [1.29, 1.82) is 0 Å². The molecule has 0 bridgehead atoms. The summed E-state index contributed by atoms with van der Waals surface area (Å²) in [6.45, 7) is 7.73. The molecule has 0 aliphatic carbocycles. The van der Waals surface area contributed by atoms with Gasteiger partial charge in [-0.15, -0.1) is 0 Å². The molecule has 0 aromatic carbocycles. The van der Waals surface area contributed by atoms with Gasteiger partial charge in [0.15, 0.2) is 0 Å². The fraction of sp³-hybridized carbons (Fsp3) is 0.684. The van der Waals surface area contributed by atoms with Gasteiger partial charge in [0.05, 0.1) is 11.7 Å². The van der Waals surface area contributed by atoms with Crippen molar-refractivity contribution in [1.82, 2.24) is 14.8 Å². The van der Waals surface area contributed by atoms with E-state index in [1.807, 2.05) is 24.0 Å². The summed E-state index contributed by atoms with van der Waals surface area (Å²) in [6, 6.07) is 3.76. The molecule has 2 saturated heterocycles. The smallest absolute Gasteiger partial charge is 0.257 e. The van der Waals surface area contributed by atoms with E-state index in [4.69, 9.17) is 0 Å². The summed E-state index contributed by atoms with van der Waals surface area (Å²) in [7, 11) is 0. The molecule has 25 heavy (non-hydrogen) atoms. The van der Waals surface area contributed by atoms with E-state index in [0.717, 1.165) is 44.0 Å². The highest BCUT2D eigenvalue weighted by Gasteiger charge is 2.26. The summed E-state index contributed by atoms with van der Waals surface area (Å²) in [4.78, 5) is 24.0. The van der Waals surface area contributed by atoms with Crippen LogP contribution in [0.2, 0.25) is 0 Å². The second kappa shape index (κ2) is 8.63. The molecule has 138 valence electrons. The number of piperazine rings is 1. The molecule has 1 N–H and O–H groups in total. The quantitative estimate of drug-likeness (QED) is 0.878. The van der Waals surface area contributed by atoms with Gasteiger partial charge in [-0.1, -0.05) is 6.92 Å². The number of piperidine rings is 1. The van der Waals surface area contributed by atoms with Crippen LogP contribution in [0.15, 0.2) is 18.3 Å². The highest BCUT2D eigenvalue weighted by atomic mass is 16.3. The number of carbonyl (C=O) groups excluding carboxylic acids is 1. The van der Waals surface area contributed by atoms with Crippen LogP contribution in [0, 0.1) is 0 Å². The van der Waals surface area contributed by atoms with Gasteiger partial charge in [0.2, 0.25) is 0 Å². The number of hydrogen-bond acceptors (Lipinski definition) is 5. The third kappa shape index (κ3) is 4.50. The summed E-state index contributed by atoms with van der Waals surface area (Å²) in [5.41, 5.74) is 0.728. The van der Waals surface area contributed by atoms with E-state index < -0.39 is 0 Å². The van der Waals surface area contributed by atoms with Crippen LogP contribution < -0.4 is 4.90 Å². The van der Waals surface area contributed by atoms with Crippen LogP contribution >= 0.6 is 0 Å². The molecule has 0 spiro atoms. The molecule has 2 aliphatic rings. The Hall–Kier alpha value is -1.66. The Balaban J connectivity index is 1.64. The van der Waals surface area contributed by atoms with Crippen LogP contribution in [-0.2, 0) is 0 Å². The zero-order chi connectivity index (χ0) is 17.6. The Kier molecular flexibility index (Phi) is 6.26. The largest absolute Gasteiger partial charge is 0.392 e. The van der Waals surface area contributed by atoms with Crippen LogP contribution in [0.3, 0.4) is 0 Å². The zero-order valence-electron chi connectivity index (χ0n) is 15.2. The number of amides is 1. The van der Waals surface area contributed by atoms with Crippen molar-refractivity contribution >= 4 is 11.7 Å². The van der Waals surface area contributed by atoms with E-state index in [-0.39, 0.29) is 12.0 Å². The normalized spacial score (nSPS) is 20.6. The number of β-amino-alcohol motifs (C(OH)–C–C–N with tert-alkyl or cyclic N) is 1. The lowest BCUT2D eigenvalue weighted by Crippen LogP contribution is -2.50. The maximum atomic E-state index is 13.0. The molecule has 6 nitrogen and oxygen atoms in total. The lowest BCUT2D eigenvalue weighted by molar-refractivity contribution is 0.0524. The molecule has 1 amide bonds. The second-order valence-electron chi connectivity index (χ2n) is 7.08. The summed E-state index contributed by atoms with van der Waals surface area (Å²) in [5, 5.41) is 9.81. The van der Waals surface area contributed by atoms with Crippen molar-refractivity contribution in [2.24, 2.45) is 0 Å². The molecule has 1 aromatic heterocycles. The van der Waals surface area contributed by atoms with E-state index in [9.17, 15) is 9.90 Å². The molecule has 1 aromatic rings. The zero-order valence-corrected chi connectivity index (χ0v) is 15.2. The maximum absolute atomic E-state index is 13.0. The molecule has 3 rings (SSSR count). The first-order chi connectivity index (χ1) is 12.2. The van der Waals surface area contributed by atoms with Crippen molar-refractivity contribution < 1.29 is 9.90 Å². The van der Waals surface area contributed by atoms with E-state index in [2.05, 4.69) is 14.8 Å². The van der Waals surface area contributed by atoms with Gasteiger partial charge in [-0.25, -0.2) is 4.98 Å². The van der Waals surface area contributed by atoms with E-state index in [1.54, 1.807) is 6.20 Å². The van der Waals surface area contributed by atoms with Gasteiger partial charge in [0.25, 0.3) is 5.91 Å². The van der Waals surface area contributed by atoms with E-state index >= 15 is 0 Å². The Morgan fingerprint density at radius 2 is 1.88 bits per heavy atom. The fourth-order valence-corrected chi connectivity index (χ4v) is 3.65. The Morgan fingerprint density at radius 3 is 2.56 bits per heavy atom. The molecule has 2 fully saturated rings. The number of carbonyl (C=O) groups is 1. The minimum Gasteiger partial charge on any atom is -0.392 e. The number of hydrogen-bond donors (Lipinski definition) is 1. The highest BCUT2D eigenvalue weighted by molar-refractivity contribution is 5.99. The van der Waals surface area contributed by atoms with Crippen LogP contribution in [0.5, 0.6) is 0 Å². The summed E-state index contributed by atoms with van der Waals surface area (Å²) in [6.07, 6.45) is 5.88. The number of nitrogens with zero attached hydrogens (tertiary/aromatic N) is 4. The number of aromatic nitrogens is 1. The summed E-state index contributed by atoms with van der Waals surface area (Å²) in [5.74, 6) is 0.931. The monoisotopic (exact) mass is 346 g/mol. The minimum absolute atomic E-state index is 0.0874. The van der Waals surface area contributed by atoms with Gasteiger partial charge in [-0.05, 0) is 37.8 Å². The SMILES string of the molecule is CCC(O)CN1CCN(C(=O)c2cccnc2N2CCCCC2)CC1. The second-order valence-corrected chi connectivity index (χ2v) is 7.08. The standard InChI is InChI=1S/C19H30N4O2/c1-2-16(24)15-21-11-13-23(14-12-21)19(25)17-7-6-8-20-18(17)22-9-4-3-5-10-22/h6-8,16,24H,2-5,9-15H2,1H3. The topological polar surface area (TPSA) is 59.9 Å². The first-order valence-electron chi connectivity index (χ1n) is 9.58. The minimum atomic E-state index is -0.272. The number of rotatable bonds is 5. The molecular formula is C19H30N4O2. The Bertz CT molecular complexity index is 566. The summed E-state index contributed by atoms with van der Waals surface area (Å²) >= 11 is 0. The average molecular weight is 346 g/mol. The molecule has 1 unspecified atom stereocenters. The van der Waals surface area contributed by atoms with Crippen molar-refractivity contribution in [3.8, 4) is 0 Å². The maximum Gasteiger partial charge on any atom is 0.257 e. The van der Waals surface area contributed by atoms with Crippen LogP contribution in [0.4, 0.5) is 5.82 Å². The van der Waals surface area contributed by atoms with Gasteiger partial charge in [0.1, 0.15) is 5.82 Å². The lowest BCUT2D eigenvalue weighted by Gasteiger charge is -2.36. The average Bonchev–Trinajstić information content (AvgIpc) is 2.68. The molecular weight excluding hydrogens is 316 g/mol. The highest BCUT2D eigenvalue weighted by Crippen LogP contribution is 2.23. The molecule has 6 heteroatoms. The fourth-order valence-electron chi connectivity index (χ4n) is 3.65. The van der Waals surface area contributed by atoms with Gasteiger partial charge < -0.3 is 14.9 Å². The first-order valence-corrected chi connectivity index (χ1v) is 9.58. The number of aliphatic hydroxyl groups is 1. The van der Waals surface area contributed by atoms with Gasteiger partial charge >= 0.3 is 0 Å². The van der Waals surface area contributed by atoms with Gasteiger partial charge in [-0.3, -0.25) is 9.69 Å². The molecule has 2 aliphatic heterocycles. The van der Waals surface area contributed by atoms with Gasteiger partial charge in [0, 0.05) is 52.0 Å². The number of anilines is 1. The Labute approximate surface area is 150 Å². The third-order valence-corrected chi connectivity index (χ3v) is 5.27. The Morgan fingerprint density at radius 1 is 1.16 bits per heavy atom. The molecule has 1 atom stereocenters. The molecule has 3 heterocycles. The first kappa shape index (κ1) is 18.1. The van der Waals surface area contributed by atoms with Crippen LogP contribution in [0.1, 0.15) is 43.0 Å². The van der Waals surface area contributed by atoms with Crippen LogP contribution in [0.25, 0.3) is 0 Å². The number of pyridine rings is 1. The summed E-state index contributed by atoms with van der Waals surface area (Å²) < 4.78 is 0. The molecule has 0 saturated carbocycles. The van der Waals surface area contributed by atoms with Crippen molar-refractivity contribution in [2.75, 3.05) is 50.7 Å². The lowest BCUT2D eigenvalue weighted by atomic mass is 10.1. The predicted octanol–water partition coefficient (Wildman–Crippen LogP) is 1.60. The van der Waals surface area contributed by atoms with Crippen molar-refractivity contribution in [2.45, 2.75) is 38.7 Å². The number of aliphatic hydroxyl groups excluding tert-OH is 1. The third-order valence-electron chi connectivity index (χ3n) is 5.27. The van der Waals surface area contributed by atoms with E-state index in [1.165, 1.54) is 19.3 Å². The molecule has 0 radical (unpaired) electrons. The van der Waals surface area contributed by atoms with Crippen molar-refractivity contribution in [3.63, 3.8) is 0 Å². The van der Waals surface area contributed by atoms with Crippen molar-refractivity contribution in [3.05, 3.63) is 23.9 Å².